The monoisotopic (exact) mass is 416 g/mol. The van der Waals surface area contributed by atoms with E-state index in [0.717, 1.165) is 43.5 Å². The van der Waals surface area contributed by atoms with Crippen molar-refractivity contribution in [2.75, 3.05) is 26.2 Å². The maximum Gasteiger partial charge on any atom is 0.251 e. The van der Waals surface area contributed by atoms with Gasteiger partial charge in [0, 0.05) is 18.7 Å². The second kappa shape index (κ2) is 15.5. The van der Waals surface area contributed by atoms with Gasteiger partial charge >= 0.3 is 0 Å². The van der Waals surface area contributed by atoms with Crippen molar-refractivity contribution < 1.29 is 4.79 Å². The van der Waals surface area contributed by atoms with E-state index in [9.17, 15) is 4.79 Å². The Morgan fingerprint density at radius 3 is 2.00 bits per heavy atom. The quantitative estimate of drug-likeness (QED) is 0.330. The summed E-state index contributed by atoms with van der Waals surface area (Å²) in [6, 6.07) is 8.21. The first-order chi connectivity index (χ1) is 14.3. The van der Waals surface area contributed by atoms with E-state index in [-0.39, 0.29) is 5.91 Å². The van der Waals surface area contributed by atoms with E-state index in [4.69, 9.17) is 0 Å². The van der Waals surface area contributed by atoms with E-state index >= 15 is 0 Å². The van der Waals surface area contributed by atoms with Crippen molar-refractivity contribution in [2.24, 2.45) is 17.8 Å². The Hall–Kier alpha value is -1.35. The molecule has 172 valence electrons. The molecule has 0 spiro atoms. The molecular formula is C27H48N2O. The summed E-state index contributed by atoms with van der Waals surface area (Å²) in [6.07, 6.45) is 9.21. The van der Waals surface area contributed by atoms with Gasteiger partial charge in [0.25, 0.3) is 5.91 Å². The first-order valence-corrected chi connectivity index (χ1v) is 12.4. The van der Waals surface area contributed by atoms with E-state index in [2.05, 4.69) is 63.9 Å². The zero-order valence-electron chi connectivity index (χ0n) is 20.7. The summed E-state index contributed by atoms with van der Waals surface area (Å²) in [5.74, 6) is 2.42. The molecule has 1 aromatic carbocycles. The van der Waals surface area contributed by atoms with Crippen molar-refractivity contribution in [2.45, 2.75) is 86.5 Å². The molecule has 0 aliphatic rings. The Labute approximate surface area is 187 Å². The smallest absolute Gasteiger partial charge is 0.251 e. The zero-order valence-corrected chi connectivity index (χ0v) is 20.7. The van der Waals surface area contributed by atoms with Crippen molar-refractivity contribution >= 4 is 5.91 Å². The molecule has 0 fully saturated rings. The number of likely N-dealkylation sites (N-methyl/N-ethyl adjacent to an activating group) is 1. The number of amides is 1. The number of carbonyl (C=O) groups excluding carboxylic acids is 1. The van der Waals surface area contributed by atoms with Gasteiger partial charge in [-0.3, -0.25) is 4.79 Å². The maximum absolute atomic E-state index is 12.3. The molecule has 0 saturated heterocycles. The molecule has 0 radical (unpaired) electrons. The van der Waals surface area contributed by atoms with Gasteiger partial charge in [0.1, 0.15) is 0 Å². The molecule has 30 heavy (non-hydrogen) atoms. The highest BCUT2D eigenvalue weighted by molar-refractivity contribution is 5.94. The van der Waals surface area contributed by atoms with Crippen molar-refractivity contribution in [1.29, 1.82) is 0 Å². The zero-order chi connectivity index (χ0) is 22.4. The van der Waals surface area contributed by atoms with Gasteiger partial charge < -0.3 is 10.2 Å². The molecule has 0 aromatic heterocycles. The number of nitrogens with zero attached hydrogens (tertiary/aromatic N) is 1. The summed E-state index contributed by atoms with van der Waals surface area (Å²) in [5, 5.41) is 3.04. The normalized spacial score (nSPS) is 13.6. The molecule has 0 saturated carbocycles. The van der Waals surface area contributed by atoms with Crippen molar-refractivity contribution in [3.63, 3.8) is 0 Å². The average molecular weight is 417 g/mol. The first-order valence-electron chi connectivity index (χ1n) is 12.4. The Morgan fingerprint density at radius 1 is 0.867 bits per heavy atom. The van der Waals surface area contributed by atoms with Gasteiger partial charge in [-0.15, -0.1) is 0 Å². The van der Waals surface area contributed by atoms with Crippen LogP contribution in [0.4, 0.5) is 0 Å². The fourth-order valence-electron chi connectivity index (χ4n) is 4.10. The summed E-state index contributed by atoms with van der Waals surface area (Å²) in [6.45, 7) is 17.4. The lowest BCUT2D eigenvalue weighted by atomic mass is 9.91. The molecule has 0 bridgehead atoms. The molecule has 1 aromatic rings. The van der Waals surface area contributed by atoms with Crippen LogP contribution in [0.1, 0.15) is 96.0 Å². The minimum Gasteiger partial charge on any atom is -0.351 e. The van der Waals surface area contributed by atoms with Crippen LogP contribution in [0.5, 0.6) is 0 Å². The lowest BCUT2D eigenvalue weighted by molar-refractivity contribution is 0.0949. The molecule has 2 atom stereocenters. The number of benzene rings is 1. The lowest BCUT2D eigenvalue weighted by Crippen LogP contribution is -2.34. The third-order valence-corrected chi connectivity index (χ3v) is 6.28. The highest BCUT2D eigenvalue weighted by Gasteiger charge is 2.09. The summed E-state index contributed by atoms with van der Waals surface area (Å²) >= 11 is 0. The SMILES string of the molecule is CCN(CC)CCNC(=O)c1ccc(CC(C)CCCC(C)CCCC(C)C)cc1. The predicted octanol–water partition coefficient (Wildman–Crippen LogP) is 6.57. The first kappa shape index (κ1) is 26.7. The van der Waals surface area contributed by atoms with Crippen LogP contribution < -0.4 is 5.32 Å². The Kier molecular flexibility index (Phi) is 13.7. The molecule has 0 aliphatic carbocycles. The number of carbonyl (C=O) groups is 1. The van der Waals surface area contributed by atoms with E-state index in [1.54, 1.807) is 0 Å². The Bertz CT molecular complexity index is 563. The van der Waals surface area contributed by atoms with Crippen LogP contribution in [-0.4, -0.2) is 37.0 Å². The van der Waals surface area contributed by atoms with Gasteiger partial charge in [0.2, 0.25) is 0 Å². The van der Waals surface area contributed by atoms with Crippen LogP contribution in [-0.2, 0) is 6.42 Å². The fourth-order valence-corrected chi connectivity index (χ4v) is 4.10. The minimum atomic E-state index is 0.0354. The average Bonchev–Trinajstić information content (AvgIpc) is 2.71. The van der Waals surface area contributed by atoms with Crippen LogP contribution in [0.3, 0.4) is 0 Å². The second-order valence-corrected chi connectivity index (χ2v) is 9.65. The van der Waals surface area contributed by atoms with Crippen LogP contribution in [0.15, 0.2) is 24.3 Å². The number of rotatable bonds is 16. The fraction of sp³-hybridized carbons (Fsp3) is 0.741. The van der Waals surface area contributed by atoms with Crippen molar-refractivity contribution in [3.05, 3.63) is 35.4 Å². The van der Waals surface area contributed by atoms with Crippen molar-refractivity contribution in [3.8, 4) is 0 Å². The number of hydrogen-bond donors (Lipinski definition) is 1. The largest absolute Gasteiger partial charge is 0.351 e. The minimum absolute atomic E-state index is 0.0354. The van der Waals surface area contributed by atoms with Gasteiger partial charge in [-0.1, -0.05) is 92.2 Å². The van der Waals surface area contributed by atoms with E-state index in [1.165, 1.54) is 44.1 Å². The van der Waals surface area contributed by atoms with Crippen molar-refractivity contribution in [1.82, 2.24) is 10.2 Å². The Balaban J connectivity index is 2.28. The maximum atomic E-state index is 12.3. The summed E-state index contributed by atoms with van der Waals surface area (Å²) in [7, 11) is 0. The van der Waals surface area contributed by atoms with E-state index < -0.39 is 0 Å². The summed E-state index contributed by atoms with van der Waals surface area (Å²) < 4.78 is 0. The van der Waals surface area contributed by atoms with Crippen LogP contribution in [0.25, 0.3) is 0 Å². The van der Waals surface area contributed by atoms with Gasteiger partial charge in [-0.2, -0.15) is 0 Å². The predicted molar refractivity (Wildman–Crippen MR) is 131 cm³/mol. The highest BCUT2D eigenvalue weighted by atomic mass is 16.1. The molecular weight excluding hydrogens is 368 g/mol. The molecule has 3 heteroatoms. The van der Waals surface area contributed by atoms with E-state index in [1.807, 2.05) is 12.1 Å². The summed E-state index contributed by atoms with van der Waals surface area (Å²) in [4.78, 5) is 14.6. The molecule has 3 nitrogen and oxygen atoms in total. The third kappa shape index (κ3) is 11.7. The number of nitrogens with one attached hydrogen (secondary N) is 1. The molecule has 1 rings (SSSR count). The second-order valence-electron chi connectivity index (χ2n) is 9.65. The third-order valence-electron chi connectivity index (χ3n) is 6.28. The molecule has 1 amide bonds. The molecule has 2 unspecified atom stereocenters. The topological polar surface area (TPSA) is 32.3 Å². The lowest BCUT2D eigenvalue weighted by Gasteiger charge is -2.18. The molecule has 1 N–H and O–H groups in total. The number of hydrogen-bond acceptors (Lipinski definition) is 2. The van der Waals surface area contributed by atoms with Crippen LogP contribution >= 0.6 is 0 Å². The summed E-state index contributed by atoms with van der Waals surface area (Å²) in [5.41, 5.74) is 2.10. The van der Waals surface area contributed by atoms with Crippen LogP contribution in [0.2, 0.25) is 0 Å². The molecule has 0 heterocycles. The van der Waals surface area contributed by atoms with Gasteiger partial charge in [0.05, 0.1) is 0 Å². The Morgan fingerprint density at radius 2 is 1.43 bits per heavy atom. The van der Waals surface area contributed by atoms with Gasteiger partial charge in [-0.05, 0) is 55.0 Å². The van der Waals surface area contributed by atoms with Gasteiger partial charge in [0.15, 0.2) is 0 Å². The molecule has 0 aliphatic heterocycles. The van der Waals surface area contributed by atoms with Crippen LogP contribution in [0, 0.1) is 17.8 Å². The van der Waals surface area contributed by atoms with Gasteiger partial charge in [-0.25, -0.2) is 0 Å². The van der Waals surface area contributed by atoms with E-state index in [0.29, 0.717) is 12.5 Å². The highest BCUT2D eigenvalue weighted by Crippen LogP contribution is 2.21. The standard InChI is InChI=1S/C27H48N2O/c1-7-29(8-2)20-19-28-27(30)26-17-15-25(16-18-26)21-24(6)14-10-13-23(5)12-9-11-22(3)4/h15-18,22-24H,7-14,19-21H2,1-6H3,(H,28,30).